The summed E-state index contributed by atoms with van der Waals surface area (Å²) in [5, 5.41) is 10.8. The third-order valence-electron chi connectivity index (χ3n) is 2.50. The predicted molar refractivity (Wildman–Crippen MR) is 54.6 cm³/mol. The third kappa shape index (κ3) is 1.78. The number of nitro groups is 1. The minimum absolute atomic E-state index is 0.0103. The number of nitrogens with two attached hydrogens (primary N) is 1. The van der Waals surface area contributed by atoms with Gasteiger partial charge >= 0.3 is 5.69 Å². The van der Waals surface area contributed by atoms with E-state index in [2.05, 4.69) is 0 Å². The Balaban J connectivity index is 2.50. The van der Waals surface area contributed by atoms with Crippen LogP contribution >= 0.6 is 0 Å². The Bertz CT molecular complexity index is 415. The Morgan fingerprint density at radius 3 is 3.00 bits per heavy atom. The van der Waals surface area contributed by atoms with Crippen LogP contribution in [0.2, 0.25) is 0 Å². The molecule has 0 saturated carbocycles. The smallest absolute Gasteiger partial charge is 0.311 e. The van der Waals surface area contributed by atoms with E-state index in [0.29, 0.717) is 18.6 Å². The van der Waals surface area contributed by atoms with Gasteiger partial charge < -0.3 is 4.74 Å². The first-order valence-corrected chi connectivity index (χ1v) is 4.74. The van der Waals surface area contributed by atoms with E-state index in [9.17, 15) is 10.1 Å². The van der Waals surface area contributed by atoms with Crippen molar-refractivity contribution in [2.45, 2.75) is 25.5 Å². The van der Waals surface area contributed by atoms with Gasteiger partial charge in [-0.2, -0.15) is 0 Å². The van der Waals surface area contributed by atoms with E-state index in [1.165, 1.54) is 6.07 Å². The molecule has 1 aliphatic rings. The van der Waals surface area contributed by atoms with Gasteiger partial charge in [0.15, 0.2) is 5.72 Å². The van der Waals surface area contributed by atoms with Gasteiger partial charge in [-0.05, 0) is 13.3 Å². The fraction of sp³-hybridized carbons (Fsp3) is 0.400. The highest BCUT2D eigenvalue weighted by molar-refractivity contribution is 5.53. The minimum atomic E-state index is -0.806. The van der Waals surface area contributed by atoms with Crippen LogP contribution in [0.4, 0.5) is 5.69 Å². The van der Waals surface area contributed by atoms with E-state index < -0.39 is 10.6 Å². The van der Waals surface area contributed by atoms with Crippen LogP contribution in [-0.2, 0) is 6.42 Å². The molecule has 80 valence electrons. The van der Waals surface area contributed by atoms with Crippen molar-refractivity contribution in [1.29, 1.82) is 0 Å². The monoisotopic (exact) mass is 208 g/mol. The zero-order valence-corrected chi connectivity index (χ0v) is 8.40. The van der Waals surface area contributed by atoms with Crippen LogP contribution in [0.15, 0.2) is 18.2 Å². The normalized spacial score (nSPS) is 24.1. The zero-order chi connectivity index (χ0) is 11.1. The third-order valence-corrected chi connectivity index (χ3v) is 2.50. The molecule has 0 amide bonds. The first kappa shape index (κ1) is 9.92. The number of rotatable bonds is 1. The fourth-order valence-electron chi connectivity index (χ4n) is 1.70. The highest BCUT2D eigenvalue weighted by Crippen LogP contribution is 2.37. The first-order chi connectivity index (χ1) is 6.99. The number of hydrogen-bond donors (Lipinski definition) is 1. The van der Waals surface area contributed by atoms with Crippen LogP contribution in [0, 0.1) is 10.1 Å². The highest BCUT2D eigenvalue weighted by Gasteiger charge is 2.32. The number of ether oxygens (including phenoxy) is 1. The van der Waals surface area contributed by atoms with E-state index in [1.807, 2.05) is 6.07 Å². The van der Waals surface area contributed by atoms with Crippen LogP contribution in [0.5, 0.6) is 5.75 Å². The molecule has 0 fully saturated rings. The Labute approximate surface area is 87.0 Å². The number of fused-ring (bicyclic) bond motifs is 1. The van der Waals surface area contributed by atoms with Crippen molar-refractivity contribution in [3.05, 3.63) is 33.9 Å². The number of nitro benzene ring substituents is 1. The topological polar surface area (TPSA) is 78.4 Å². The largest absolute Gasteiger partial charge is 0.466 e. The molecular formula is C10H12N2O3. The lowest BCUT2D eigenvalue weighted by Crippen LogP contribution is -2.45. The summed E-state index contributed by atoms with van der Waals surface area (Å²) in [6.45, 7) is 1.73. The molecular weight excluding hydrogens is 196 g/mol. The standard InChI is InChI=1S/C10H12N2O3/c1-10(11)6-5-7-3-2-4-8(12(13)14)9(7)15-10/h2-4H,5-6,11H2,1H3. The summed E-state index contributed by atoms with van der Waals surface area (Å²) in [5.41, 5.74) is 5.85. The van der Waals surface area contributed by atoms with Gasteiger partial charge in [0, 0.05) is 18.1 Å². The van der Waals surface area contributed by atoms with E-state index in [-0.39, 0.29) is 5.69 Å². The quantitative estimate of drug-likeness (QED) is 0.561. The molecule has 1 aromatic rings. The lowest BCUT2D eigenvalue weighted by molar-refractivity contribution is -0.386. The summed E-state index contributed by atoms with van der Waals surface area (Å²) >= 11 is 0. The molecule has 0 aromatic heterocycles. The van der Waals surface area contributed by atoms with Crippen LogP contribution in [0.1, 0.15) is 18.9 Å². The van der Waals surface area contributed by atoms with Gasteiger partial charge in [-0.15, -0.1) is 0 Å². The van der Waals surface area contributed by atoms with Crippen LogP contribution in [-0.4, -0.2) is 10.6 Å². The van der Waals surface area contributed by atoms with Crippen molar-refractivity contribution in [2.24, 2.45) is 5.73 Å². The molecule has 1 aliphatic heterocycles. The van der Waals surface area contributed by atoms with Gasteiger partial charge in [-0.25, -0.2) is 0 Å². The summed E-state index contributed by atoms with van der Waals surface area (Å²) in [6.07, 6.45) is 1.38. The van der Waals surface area contributed by atoms with Crippen molar-refractivity contribution < 1.29 is 9.66 Å². The van der Waals surface area contributed by atoms with E-state index in [1.54, 1.807) is 13.0 Å². The van der Waals surface area contributed by atoms with Crippen molar-refractivity contribution >= 4 is 5.69 Å². The minimum Gasteiger partial charge on any atom is -0.466 e. The second-order valence-corrected chi connectivity index (χ2v) is 3.94. The molecule has 15 heavy (non-hydrogen) atoms. The van der Waals surface area contributed by atoms with E-state index in [4.69, 9.17) is 10.5 Å². The molecule has 1 heterocycles. The number of aryl methyl sites for hydroxylation is 1. The Kier molecular flexibility index (Phi) is 2.12. The van der Waals surface area contributed by atoms with Crippen LogP contribution in [0.25, 0.3) is 0 Å². The fourth-order valence-corrected chi connectivity index (χ4v) is 1.70. The maximum atomic E-state index is 10.8. The van der Waals surface area contributed by atoms with Crippen LogP contribution < -0.4 is 10.5 Å². The Hall–Kier alpha value is -1.62. The average Bonchev–Trinajstić information content (AvgIpc) is 2.15. The molecule has 0 spiro atoms. The number of benzene rings is 1. The van der Waals surface area contributed by atoms with Gasteiger partial charge in [0.2, 0.25) is 5.75 Å². The molecule has 0 bridgehead atoms. The van der Waals surface area contributed by atoms with Crippen molar-refractivity contribution in [1.82, 2.24) is 0 Å². The van der Waals surface area contributed by atoms with Crippen molar-refractivity contribution in [3.8, 4) is 5.75 Å². The van der Waals surface area contributed by atoms with Gasteiger partial charge in [0.05, 0.1) is 4.92 Å². The summed E-state index contributed by atoms with van der Waals surface area (Å²) < 4.78 is 5.45. The number of hydrogen-bond acceptors (Lipinski definition) is 4. The molecule has 5 heteroatoms. The average molecular weight is 208 g/mol. The van der Waals surface area contributed by atoms with E-state index in [0.717, 1.165) is 5.56 Å². The van der Waals surface area contributed by atoms with Gasteiger partial charge in [0.1, 0.15) is 0 Å². The lowest BCUT2D eigenvalue weighted by atomic mass is 9.99. The van der Waals surface area contributed by atoms with Gasteiger partial charge in [0.25, 0.3) is 0 Å². The predicted octanol–water partition coefficient (Wildman–Crippen LogP) is 1.59. The molecule has 0 saturated heterocycles. The summed E-state index contributed by atoms with van der Waals surface area (Å²) in [6, 6.07) is 4.93. The molecule has 1 atom stereocenters. The second-order valence-electron chi connectivity index (χ2n) is 3.94. The van der Waals surface area contributed by atoms with Crippen molar-refractivity contribution in [2.75, 3.05) is 0 Å². The highest BCUT2D eigenvalue weighted by atomic mass is 16.6. The molecule has 2 N–H and O–H groups in total. The summed E-state index contributed by atoms with van der Waals surface area (Å²) in [5.74, 6) is 0.318. The molecule has 0 radical (unpaired) electrons. The molecule has 1 aromatic carbocycles. The Morgan fingerprint density at radius 2 is 2.33 bits per heavy atom. The first-order valence-electron chi connectivity index (χ1n) is 4.74. The summed E-state index contributed by atoms with van der Waals surface area (Å²) in [7, 11) is 0. The van der Waals surface area contributed by atoms with Gasteiger partial charge in [-0.3, -0.25) is 15.8 Å². The van der Waals surface area contributed by atoms with Gasteiger partial charge in [-0.1, -0.05) is 12.1 Å². The molecule has 2 rings (SSSR count). The van der Waals surface area contributed by atoms with E-state index >= 15 is 0 Å². The van der Waals surface area contributed by atoms with Crippen molar-refractivity contribution in [3.63, 3.8) is 0 Å². The Morgan fingerprint density at radius 1 is 1.60 bits per heavy atom. The maximum absolute atomic E-state index is 10.8. The molecule has 0 aliphatic carbocycles. The second kappa shape index (κ2) is 3.20. The maximum Gasteiger partial charge on any atom is 0.311 e. The lowest BCUT2D eigenvalue weighted by Gasteiger charge is -2.31. The van der Waals surface area contributed by atoms with Crippen LogP contribution in [0.3, 0.4) is 0 Å². The molecule has 5 nitrogen and oxygen atoms in total. The summed E-state index contributed by atoms with van der Waals surface area (Å²) in [4.78, 5) is 10.3. The SMILES string of the molecule is CC1(N)CCc2cccc([N+](=O)[O-])c2O1. The zero-order valence-electron chi connectivity index (χ0n) is 8.40. The number of nitrogens with zero attached hydrogens (tertiary/aromatic N) is 1. The number of para-hydroxylation sites is 1. The molecule has 1 unspecified atom stereocenters.